The number of fused-ring (bicyclic) bond motifs is 1. The van der Waals surface area contributed by atoms with Crippen molar-refractivity contribution in [3.63, 3.8) is 0 Å². The fourth-order valence-electron chi connectivity index (χ4n) is 3.39. The number of halogens is 1. The fourth-order valence-corrected chi connectivity index (χ4v) is 3.39. The van der Waals surface area contributed by atoms with Crippen LogP contribution in [0.4, 0.5) is 10.1 Å². The Morgan fingerprint density at radius 3 is 2.23 bits per heavy atom. The van der Waals surface area contributed by atoms with Gasteiger partial charge in [-0.2, -0.15) is 0 Å². The van der Waals surface area contributed by atoms with Crippen molar-refractivity contribution in [1.82, 2.24) is 0 Å². The Balaban J connectivity index is 1.79. The third-order valence-corrected chi connectivity index (χ3v) is 4.63. The highest BCUT2D eigenvalue weighted by molar-refractivity contribution is 6.11. The molecular formula is C21H16FNO3. The van der Waals surface area contributed by atoms with Crippen molar-refractivity contribution in [3.05, 3.63) is 89.2 Å². The maximum Gasteiger partial charge on any atom is 0.259 e. The minimum Gasteiger partial charge on any atom is -0.508 e. The molecule has 0 saturated carbocycles. The van der Waals surface area contributed by atoms with Crippen LogP contribution < -0.4 is 4.90 Å². The summed E-state index contributed by atoms with van der Waals surface area (Å²) in [6.45, 7) is 0. The molecule has 1 heterocycles. The van der Waals surface area contributed by atoms with Gasteiger partial charge in [0.05, 0.1) is 6.04 Å². The highest BCUT2D eigenvalue weighted by atomic mass is 19.1. The van der Waals surface area contributed by atoms with Crippen molar-refractivity contribution < 1.29 is 19.4 Å². The third-order valence-electron chi connectivity index (χ3n) is 4.63. The molecule has 4 nitrogen and oxygen atoms in total. The van der Waals surface area contributed by atoms with Crippen LogP contribution in [-0.4, -0.2) is 16.1 Å². The first-order valence-electron chi connectivity index (χ1n) is 8.23. The lowest BCUT2D eigenvalue weighted by atomic mass is 9.97. The first kappa shape index (κ1) is 16.1. The van der Waals surface area contributed by atoms with Gasteiger partial charge in [-0.1, -0.05) is 18.2 Å². The van der Waals surface area contributed by atoms with Crippen LogP contribution in [0.3, 0.4) is 0 Å². The lowest BCUT2D eigenvalue weighted by Gasteiger charge is -2.25. The first-order chi connectivity index (χ1) is 12.5. The molecule has 3 aromatic rings. The van der Waals surface area contributed by atoms with Crippen molar-refractivity contribution in [2.75, 3.05) is 4.90 Å². The molecule has 3 aromatic carbocycles. The number of hydrogen-bond acceptors (Lipinski definition) is 3. The van der Waals surface area contributed by atoms with Crippen molar-refractivity contribution in [2.24, 2.45) is 0 Å². The number of phenols is 2. The van der Waals surface area contributed by atoms with Crippen molar-refractivity contribution >= 4 is 11.6 Å². The maximum absolute atomic E-state index is 13.3. The van der Waals surface area contributed by atoms with Crippen LogP contribution in [0.15, 0.2) is 66.7 Å². The Kier molecular flexibility index (Phi) is 3.84. The molecule has 130 valence electrons. The van der Waals surface area contributed by atoms with Crippen LogP contribution in [0.2, 0.25) is 0 Å². The summed E-state index contributed by atoms with van der Waals surface area (Å²) in [5, 5.41) is 19.2. The van der Waals surface area contributed by atoms with Gasteiger partial charge in [0.1, 0.15) is 17.3 Å². The third kappa shape index (κ3) is 2.77. The zero-order valence-electron chi connectivity index (χ0n) is 13.8. The van der Waals surface area contributed by atoms with Crippen LogP contribution in [-0.2, 0) is 6.42 Å². The maximum atomic E-state index is 13.3. The number of aromatic hydroxyl groups is 2. The summed E-state index contributed by atoms with van der Waals surface area (Å²) in [7, 11) is 0. The molecular weight excluding hydrogens is 333 g/mol. The number of carbonyl (C=O) groups excluding carboxylic acids is 1. The molecule has 0 fully saturated rings. The average molecular weight is 349 g/mol. The first-order valence-corrected chi connectivity index (χ1v) is 8.23. The van der Waals surface area contributed by atoms with E-state index in [9.17, 15) is 19.4 Å². The van der Waals surface area contributed by atoms with E-state index in [1.807, 2.05) is 0 Å². The zero-order valence-corrected chi connectivity index (χ0v) is 13.8. The van der Waals surface area contributed by atoms with Crippen molar-refractivity contribution in [2.45, 2.75) is 12.5 Å². The second-order valence-electron chi connectivity index (χ2n) is 6.31. The van der Waals surface area contributed by atoms with Crippen LogP contribution in [0.5, 0.6) is 11.5 Å². The Labute approximate surface area is 149 Å². The number of rotatable bonds is 3. The number of amides is 1. The van der Waals surface area contributed by atoms with E-state index in [-0.39, 0.29) is 29.3 Å². The van der Waals surface area contributed by atoms with E-state index in [1.54, 1.807) is 53.4 Å². The van der Waals surface area contributed by atoms with Gasteiger partial charge in [-0.25, -0.2) is 4.39 Å². The van der Waals surface area contributed by atoms with E-state index in [4.69, 9.17) is 0 Å². The second-order valence-corrected chi connectivity index (χ2v) is 6.31. The zero-order chi connectivity index (χ0) is 18.3. The lowest BCUT2D eigenvalue weighted by molar-refractivity contribution is 0.0990. The summed E-state index contributed by atoms with van der Waals surface area (Å²) >= 11 is 0. The molecule has 0 saturated heterocycles. The van der Waals surface area contributed by atoms with Gasteiger partial charge < -0.3 is 15.1 Å². The van der Waals surface area contributed by atoms with Crippen molar-refractivity contribution in [3.8, 4) is 11.5 Å². The van der Waals surface area contributed by atoms with Gasteiger partial charge in [-0.3, -0.25) is 4.79 Å². The summed E-state index contributed by atoms with van der Waals surface area (Å²) in [6.07, 6.45) is 0.529. The Hall–Kier alpha value is -3.34. The largest absolute Gasteiger partial charge is 0.508 e. The van der Waals surface area contributed by atoms with Gasteiger partial charge in [-0.15, -0.1) is 0 Å². The second kappa shape index (κ2) is 6.19. The molecule has 0 bridgehead atoms. The van der Waals surface area contributed by atoms with E-state index in [0.717, 1.165) is 11.1 Å². The minimum atomic E-state index is -0.370. The number of phenolic OH excluding ortho intramolecular Hbond substituents is 2. The molecule has 0 aromatic heterocycles. The van der Waals surface area contributed by atoms with Gasteiger partial charge in [-0.05, 0) is 66.1 Å². The molecule has 1 aliphatic heterocycles. The molecule has 1 unspecified atom stereocenters. The molecule has 0 radical (unpaired) electrons. The van der Waals surface area contributed by atoms with Crippen LogP contribution in [0, 0.1) is 5.82 Å². The van der Waals surface area contributed by atoms with E-state index in [2.05, 4.69) is 0 Å². The Bertz CT molecular complexity index is 968. The summed E-state index contributed by atoms with van der Waals surface area (Å²) in [5.74, 6) is -0.393. The van der Waals surface area contributed by atoms with Gasteiger partial charge in [0, 0.05) is 11.3 Å². The normalized spacial score (nSPS) is 16.0. The fraction of sp³-hybridized carbons (Fsp3) is 0.0952. The SMILES string of the molecule is O=C1c2cc(O)ccc2C(Cc2ccc(O)cc2)N1c1ccc(F)cc1. The predicted octanol–water partition coefficient (Wildman–Crippen LogP) is 4.18. The highest BCUT2D eigenvalue weighted by Crippen LogP contribution is 2.40. The molecule has 0 spiro atoms. The predicted molar refractivity (Wildman–Crippen MR) is 95.9 cm³/mol. The lowest BCUT2D eigenvalue weighted by Crippen LogP contribution is -2.29. The van der Waals surface area contributed by atoms with E-state index < -0.39 is 0 Å². The topological polar surface area (TPSA) is 60.8 Å². The van der Waals surface area contributed by atoms with Crippen LogP contribution in [0.1, 0.15) is 27.5 Å². The molecule has 1 amide bonds. The number of anilines is 1. The molecule has 1 aliphatic rings. The molecule has 5 heteroatoms. The van der Waals surface area contributed by atoms with Crippen molar-refractivity contribution in [1.29, 1.82) is 0 Å². The van der Waals surface area contributed by atoms with E-state index >= 15 is 0 Å². The highest BCUT2D eigenvalue weighted by Gasteiger charge is 2.37. The number of carbonyl (C=O) groups is 1. The molecule has 26 heavy (non-hydrogen) atoms. The smallest absolute Gasteiger partial charge is 0.259 e. The van der Waals surface area contributed by atoms with Gasteiger partial charge in [0.25, 0.3) is 5.91 Å². The Morgan fingerprint density at radius 2 is 1.54 bits per heavy atom. The summed E-state index contributed by atoms with van der Waals surface area (Å²) in [6, 6.07) is 17.1. The van der Waals surface area contributed by atoms with Crippen LogP contribution in [0.25, 0.3) is 0 Å². The van der Waals surface area contributed by atoms with Gasteiger partial charge in [0.15, 0.2) is 0 Å². The van der Waals surface area contributed by atoms with Gasteiger partial charge >= 0.3 is 0 Å². The number of nitrogens with zero attached hydrogens (tertiary/aromatic N) is 1. The minimum absolute atomic E-state index is 0.0291. The standard InChI is InChI=1S/C21H16FNO3/c22-14-3-5-15(6-4-14)23-20(11-13-1-7-16(24)8-2-13)18-10-9-17(25)12-19(18)21(23)26/h1-10,12,20,24-25H,11H2. The quantitative estimate of drug-likeness (QED) is 0.746. The van der Waals surface area contributed by atoms with Crippen LogP contribution >= 0.6 is 0 Å². The molecule has 1 atom stereocenters. The summed E-state index contributed by atoms with van der Waals surface area (Å²) < 4.78 is 13.3. The van der Waals surface area contributed by atoms with Gasteiger partial charge in [0.2, 0.25) is 0 Å². The summed E-state index contributed by atoms with van der Waals surface area (Å²) in [5.41, 5.74) is 2.80. The number of hydrogen-bond donors (Lipinski definition) is 2. The monoisotopic (exact) mass is 349 g/mol. The molecule has 0 aliphatic carbocycles. The molecule has 2 N–H and O–H groups in total. The number of benzene rings is 3. The summed E-state index contributed by atoms with van der Waals surface area (Å²) in [4.78, 5) is 14.6. The van der Waals surface area contributed by atoms with E-state index in [1.165, 1.54) is 18.2 Å². The van der Waals surface area contributed by atoms with E-state index in [0.29, 0.717) is 17.7 Å². The Morgan fingerprint density at radius 1 is 0.885 bits per heavy atom. The average Bonchev–Trinajstić information content (AvgIpc) is 2.89. The molecule has 4 rings (SSSR count).